The van der Waals surface area contributed by atoms with E-state index in [2.05, 4.69) is 0 Å². The first-order valence-electron chi connectivity index (χ1n) is 8.76. The van der Waals surface area contributed by atoms with Crippen LogP contribution in [-0.4, -0.2) is 122 Å². The zero-order chi connectivity index (χ0) is 22.6. The predicted octanol–water partition coefficient (Wildman–Crippen LogP) is -2.08. The standard InChI is InChI=1S/C16H24O14/c17-11(18)15(12(19)20)16(13(21)22,14(23)24)30-10-8-28-6-4-26-2-1-25-3-5-27-7-9-29-15/h1-10H2,(H,17,18)(H,19,20)(H,21,22)(H,23,24). The zero-order valence-corrected chi connectivity index (χ0v) is 15.9. The van der Waals surface area contributed by atoms with Crippen LogP contribution in [0, 0.1) is 0 Å². The summed E-state index contributed by atoms with van der Waals surface area (Å²) in [6.45, 7) is -1.37. The predicted molar refractivity (Wildman–Crippen MR) is 91.2 cm³/mol. The lowest BCUT2D eigenvalue weighted by Crippen LogP contribution is -2.74. The third-order valence-corrected chi connectivity index (χ3v) is 3.91. The van der Waals surface area contributed by atoms with Crippen LogP contribution in [0.3, 0.4) is 0 Å². The minimum Gasteiger partial charge on any atom is -0.479 e. The fourth-order valence-corrected chi connectivity index (χ4v) is 2.50. The van der Waals surface area contributed by atoms with Crippen LogP contribution >= 0.6 is 0 Å². The van der Waals surface area contributed by atoms with Crippen molar-refractivity contribution >= 4 is 23.9 Å². The molecular formula is C16H24O14. The molecule has 0 unspecified atom stereocenters. The number of hydrogen-bond donors (Lipinski definition) is 4. The van der Waals surface area contributed by atoms with E-state index in [1.807, 2.05) is 0 Å². The van der Waals surface area contributed by atoms with Gasteiger partial charge in [-0.3, -0.25) is 0 Å². The van der Waals surface area contributed by atoms with Crippen LogP contribution in [0.2, 0.25) is 0 Å². The Kier molecular flexibility index (Phi) is 10.6. The second-order valence-electron chi connectivity index (χ2n) is 5.73. The SMILES string of the molecule is O=C(O)C1(C(=O)O)OCCOCCOCCOCCOCCOC1(C(=O)O)C(=O)O. The molecule has 1 aliphatic rings. The molecule has 4 N–H and O–H groups in total. The molecule has 1 rings (SSSR count). The quantitative estimate of drug-likeness (QED) is 0.346. The van der Waals surface area contributed by atoms with Crippen LogP contribution in [0.4, 0.5) is 0 Å². The van der Waals surface area contributed by atoms with Crippen LogP contribution in [0.25, 0.3) is 0 Å². The van der Waals surface area contributed by atoms with Gasteiger partial charge in [-0.25, -0.2) is 19.2 Å². The topological polar surface area (TPSA) is 205 Å². The lowest BCUT2D eigenvalue weighted by molar-refractivity contribution is -0.242. The molecule has 1 aliphatic heterocycles. The minimum atomic E-state index is -3.82. The summed E-state index contributed by atoms with van der Waals surface area (Å²) in [5.74, 6) is -9.53. The van der Waals surface area contributed by atoms with Crippen molar-refractivity contribution in [3.05, 3.63) is 0 Å². The number of ether oxygens (including phenoxy) is 6. The summed E-state index contributed by atoms with van der Waals surface area (Å²) in [5.41, 5.74) is -7.64. The molecule has 0 saturated carbocycles. The van der Waals surface area contributed by atoms with E-state index in [0.29, 0.717) is 0 Å². The summed E-state index contributed by atoms with van der Waals surface area (Å²) in [7, 11) is 0. The van der Waals surface area contributed by atoms with Crippen molar-refractivity contribution in [2.24, 2.45) is 0 Å². The van der Waals surface area contributed by atoms with Crippen molar-refractivity contribution in [2.45, 2.75) is 11.2 Å². The van der Waals surface area contributed by atoms with E-state index in [1.54, 1.807) is 0 Å². The molecular weight excluding hydrogens is 416 g/mol. The smallest absolute Gasteiger partial charge is 0.352 e. The molecule has 0 atom stereocenters. The molecule has 0 amide bonds. The van der Waals surface area contributed by atoms with Gasteiger partial charge in [0, 0.05) is 0 Å². The first kappa shape index (κ1) is 25.7. The highest BCUT2D eigenvalue weighted by Crippen LogP contribution is 2.33. The molecule has 0 bridgehead atoms. The number of rotatable bonds is 4. The summed E-state index contributed by atoms with van der Waals surface area (Å²) in [6.07, 6.45) is 0. The Hall–Kier alpha value is -2.36. The van der Waals surface area contributed by atoms with E-state index >= 15 is 0 Å². The number of hydrogen-bond acceptors (Lipinski definition) is 10. The van der Waals surface area contributed by atoms with Gasteiger partial charge in [0.2, 0.25) is 0 Å². The monoisotopic (exact) mass is 440 g/mol. The third-order valence-electron chi connectivity index (χ3n) is 3.91. The van der Waals surface area contributed by atoms with E-state index in [1.165, 1.54) is 0 Å². The average Bonchev–Trinajstić information content (AvgIpc) is 2.66. The van der Waals surface area contributed by atoms with Crippen molar-refractivity contribution < 1.29 is 68.0 Å². The molecule has 172 valence electrons. The number of aliphatic carboxylic acids is 4. The van der Waals surface area contributed by atoms with Gasteiger partial charge in [-0.1, -0.05) is 0 Å². The van der Waals surface area contributed by atoms with Crippen molar-refractivity contribution in [1.82, 2.24) is 0 Å². The molecule has 1 saturated heterocycles. The van der Waals surface area contributed by atoms with E-state index in [4.69, 9.17) is 28.4 Å². The van der Waals surface area contributed by atoms with Gasteiger partial charge < -0.3 is 48.8 Å². The maximum atomic E-state index is 11.8. The maximum Gasteiger partial charge on any atom is 0.352 e. The highest BCUT2D eigenvalue weighted by molar-refractivity contribution is 6.18. The summed E-state index contributed by atoms with van der Waals surface area (Å²) in [6, 6.07) is 0. The molecule has 14 nitrogen and oxygen atoms in total. The van der Waals surface area contributed by atoms with Gasteiger partial charge in [-0.2, -0.15) is 0 Å². The Morgan fingerprint density at radius 1 is 0.433 bits per heavy atom. The fraction of sp³-hybridized carbons (Fsp3) is 0.750. The summed E-state index contributed by atoms with van der Waals surface area (Å²) < 4.78 is 30.2. The highest BCUT2D eigenvalue weighted by Gasteiger charge is 2.75. The van der Waals surface area contributed by atoms with Gasteiger partial charge in [0.1, 0.15) is 0 Å². The average molecular weight is 440 g/mol. The zero-order valence-electron chi connectivity index (χ0n) is 15.9. The van der Waals surface area contributed by atoms with Crippen molar-refractivity contribution in [2.75, 3.05) is 66.1 Å². The lowest BCUT2D eigenvalue weighted by Gasteiger charge is -2.37. The number of carboxylic acid groups (broad SMARTS) is 4. The van der Waals surface area contributed by atoms with Gasteiger partial charge >= 0.3 is 35.1 Å². The fourth-order valence-electron chi connectivity index (χ4n) is 2.50. The Morgan fingerprint density at radius 3 is 0.833 bits per heavy atom. The molecule has 0 radical (unpaired) electrons. The molecule has 14 heteroatoms. The molecule has 0 aromatic heterocycles. The molecule has 1 heterocycles. The molecule has 0 spiro atoms. The number of carboxylic acids is 4. The van der Waals surface area contributed by atoms with Crippen LogP contribution < -0.4 is 0 Å². The molecule has 0 aromatic carbocycles. The van der Waals surface area contributed by atoms with Crippen LogP contribution in [0.1, 0.15) is 0 Å². The van der Waals surface area contributed by atoms with Gasteiger partial charge in [-0.15, -0.1) is 0 Å². The van der Waals surface area contributed by atoms with Crippen molar-refractivity contribution in [3.8, 4) is 0 Å². The summed E-state index contributed by atoms with van der Waals surface area (Å²) >= 11 is 0. The van der Waals surface area contributed by atoms with Gasteiger partial charge in [0.05, 0.1) is 66.1 Å². The molecule has 0 aromatic rings. The Labute approximate surface area is 170 Å². The van der Waals surface area contributed by atoms with Crippen molar-refractivity contribution in [3.63, 3.8) is 0 Å². The van der Waals surface area contributed by atoms with E-state index in [9.17, 15) is 39.6 Å². The van der Waals surface area contributed by atoms with Crippen LogP contribution in [0.15, 0.2) is 0 Å². The maximum absolute atomic E-state index is 11.8. The van der Waals surface area contributed by atoms with Crippen LogP contribution in [-0.2, 0) is 47.6 Å². The number of carbonyl (C=O) groups is 4. The largest absolute Gasteiger partial charge is 0.479 e. The van der Waals surface area contributed by atoms with Gasteiger partial charge in [0.15, 0.2) is 0 Å². The first-order valence-corrected chi connectivity index (χ1v) is 8.76. The lowest BCUT2D eigenvalue weighted by atomic mass is 9.81. The molecule has 30 heavy (non-hydrogen) atoms. The normalized spacial score (nSPS) is 22.1. The molecule has 1 fully saturated rings. The summed E-state index contributed by atoms with van der Waals surface area (Å²) in [5, 5.41) is 38.1. The second-order valence-corrected chi connectivity index (χ2v) is 5.73. The van der Waals surface area contributed by atoms with Gasteiger partial charge in [0.25, 0.3) is 0 Å². The second kappa shape index (κ2) is 12.4. The molecule has 0 aliphatic carbocycles. The van der Waals surface area contributed by atoms with Crippen molar-refractivity contribution in [1.29, 1.82) is 0 Å². The Balaban J connectivity index is 3.22. The highest BCUT2D eigenvalue weighted by atomic mass is 16.6. The Morgan fingerprint density at radius 2 is 0.633 bits per heavy atom. The first-order chi connectivity index (χ1) is 14.2. The Bertz CT molecular complexity index is 523. The summed E-state index contributed by atoms with van der Waals surface area (Å²) in [4.78, 5) is 47.4. The minimum absolute atomic E-state index is 0.0269. The van der Waals surface area contributed by atoms with E-state index in [0.717, 1.165) is 0 Å². The van der Waals surface area contributed by atoms with E-state index < -0.39 is 48.3 Å². The van der Waals surface area contributed by atoms with Gasteiger partial charge in [-0.05, 0) is 0 Å². The van der Waals surface area contributed by atoms with Crippen LogP contribution in [0.5, 0.6) is 0 Å². The van der Waals surface area contributed by atoms with E-state index in [-0.39, 0.29) is 52.9 Å². The third kappa shape index (κ3) is 5.84.